The summed E-state index contributed by atoms with van der Waals surface area (Å²) < 4.78 is 15.4. The lowest BCUT2D eigenvalue weighted by molar-refractivity contribution is -0.122. The fourth-order valence-electron chi connectivity index (χ4n) is 4.78. The van der Waals surface area contributed by atoms with Crippen molar-refractivity contribution in [2.24, 2.45) is 17.8 Å². The van der Waals surface area contributed by atoms with Crippen molar-refractivity contribution in [3.63, 3.8) is 0 Å². The second-order valence-corrected chi connectivity index (χ2v) is 9.07. The number of esters is 2. The number of Topliss-reactive ketones (excluding diaryl/α,β-unsaturated/α-hetero) is 1. The van der Waals surface area contributed by atoms with Gasteiger partial charge in [-0.2, -0.15) is 0 Å². The number of benzene rings is 2. The van der Waals surface area contributed by atoms with Gasteiger partial charge < -0.3 is 13.9 Å². The summed E-state index contributed by atoms with van der Waals surface area (Å²) in [7, 11) is 0. The zero-order chi connectivity index (χ0) is 26.8. The highest BCUT2D eigenvalue weighted by Gasteiger charge is 2.51. The average Bonchev–Trinajstić information content (AvgIpc) is 3.55. The van der Waals surface area contributed by atoms with Crippen molar-refractivity contribution in [2.75, 3.05) is 11.5 Å². The highest BCUT2D eigenvalue weighted by molar-refractivity contribution is 6.24. The van der Waals surface area contributed by atoms with Crippen LogP contribution in [0, 0.1) is 17.8 Å². The van der Waals surface area contributed by atoms with E-state index in [9.17, 15) is 24.0 Å². The molecule has 9 nitrogen and oxygen atoms in total. The van der Waals surface area contributed by atoms with E-state index in [1.54, 1.807) is 18.2 Å². The molecule has 0 spiro atoms. The van der Waals surface area contributed by atoms with E-state index in [0.717, 1.165) is 4.90 Å². The van der Waals surface area contributed by atoms with Crippen molar-refractivity contribution < 1.29 is 37.9 Å². The Morgan fingerprint density at radius 3 is 2.42 bits per heavy atom. The first kappa shape index (κ1) is 24.9. The molecule has 5 rings (SSSR count). The van der Waals surface area contributed by atoms with E-state index in [1.165, 1.54) is 48.7 Å². The number of nitrogens with zero attached hydrogens (tertiary/aromatic N) is 1. The number of hydrogen-bond donors (Lipinski definition) is 0. The van der Waals surface area contributed by atoms with Gasteiger partial charge in [-0.3, -0.25) is 14.4 Å². The van der Waals surface area contributed by atoms with Gasteiger partial charge >= 0.3 is 11.9 Å². The molecule has 1 saturated heterocycles. The first-order valence-electron chi connectivity index (χ1n) is 12.0. The molecule has 2 aromatic carbocycles. The zero-order valence-electron chi connectivity index (χ0n) is 20.4. The number of imide groups is 1. The van der Waals surface area contributed by atoms with E-state index in [0.29, 0.717) is 6.42 Å². The normalized spacial score (nSPS) is 20.2. The van der Waals surface area contributed by atoms with Gasteiger partial charge in [-0.1, -0.05) is 31.2 Å². The van der Waals surface area contributed by atoms with Gasteiger partial charge in [0.05, 0.1) is 29.3 Å². The summed E-state index contributed by atoms with van der Waals surface area (Å²) in [6, 6.07) is 15.0. The predicted octanol–water partition coefficient (Wildman–Crippen LogP) is 4.24. The van der Waals surface area contributed by atoms with Crippen LogP contribution in [-0.2, 0) is 14.3 Å². The van der Waals surface area contributed by atoms with Crippen molar-refractivity contribution in [3.05, 3.63) is 96.0 Å². The van der Waals surface area contributed by atoms with E-state index in [-0.39, 0.29) is 46.1 Å². The van der Waals surface area contributed by atoms with Crippen LogP contribution in [0.5, 0.6) is 5.75 Å². The van der Waals surface area contributed by atoms with Crippen LogP contribution in [0.2, 0.25) is 0 Å². The van der Waals surface area contributed by atoms with E-state index in [1.807, 2.05) is 19.1 Å². The molecule has 3 atom stereocenters. The molecule has 2 amide bonds. The summed E-state index contributed by atoms with van der Waals surface area (Å²) >= 11 is 0. The zero-order valence-corrected chi connectivity index (χ0v) is 20.4. The van der Waals surface area contributed by atoms with Gasteiger partial charge in [-0.25, -0.2) is 14.5 Å². The van der Waals surface area contributed by atoms with Crippen LogP contribution in [0.4, 0.5) is 5.69 Å². The van der Waals surface area contributed by atoms with Gasteiger partial charge in [0.2, 0.25) is 17.6 Å². The summed E-state index contributed by atoms with van der Waals surface area (Å²) in [5.74, 6) is -3.47. The number of carbonyl (C=O) groups is 5. The molecule has 2 aliphatic rings. The smallest absolute Gasteiger partial charge is 0.379 e. The topological polar surface area (TPSA) is 120 Å². The molecule has 1 aliphatic carbocycles. The maximum absolute atomic E-state index is 13.2. The van der Waals surface area contributed by atoms with Gasteiger partial charge in [-0.15, -0.1) is 0 Å². The van der Waals surface area contributed by atoms with Gasteiger partial charge in [0.15, 0.2) is 12.4 Å². The van der Waals surface area contributed by atoms with Crippen molar-refractivity contribution in [2.45, 2.75) is 13.3 Å². The van der Waals surface area contributed by atoms with Crippen LogP contribution < -0.4 is 9.64 Å². The molecule has 1 aromatic heterocycles. The van der Waals surface area contributed by atoms with Crippen molar-refractivity contribution in [1.82, 2.24) is 0 Å². The number of ether oxygens (including phenoxy) is 2. The number of carbonyl (C=O) groups excluding carboxylic acids is 5. The van der Waals surface area contributed by atoms with Gasteiger partial charge in [0, 0.05) is 5.56 Å². The van der Waals surface area contributed by atoms with Gasteiger partial charge in [-0.05, 0) is 60.9 Å². The molecule has 192 valence electrons. The molecule has 38 heavy (non-hydrogen) atoms. The summed E-state index contributed by atoms with van der Waals surface area (Å²) in [4.78, 5) is 64.9. The Kier molecular flexibility index (Phi) is 6.74. The Balaban J connectivity index is 1.24. The minimum absolute atomic E-state index is 0.0152. The van der Waals surface area contributed by atoms with Gasteiger partial charge in [0.25, 0.3) is 0 Å². The largest absolute Gasteiger partial charge is 0.457 e. The Hall–Kier alpha value is -4.79. The van der Waals surface area contributed by atoms with Crippen LogP contribution in [0.3, 0.4) is 0 Å². The number of rotatable bonds is 7. The van der Waals surface area contributed by atoms with E-state index < -0.39 is 36.2 Å². The average molecular weight is 514 g/mol. The van der Waals surface area contributed by atoms with Crippen molar-refractivity contribution in [3.8, 4) is 5.75 Å². The molecule has 2 heterocycles. The summed E-state index contributed by atoms with van der Waals surface area (Å²) in [6.07, 6.45) is 5.65. The Bertz CT molecular complexity index is 1440. The minimum atomic E-state index is -0.834. The summed E-state index contributed by atoms with van der Waals surface area (Å²) in [6.45, 7) is 1.33. The number of anilines is 1. The van der Waals surface area contributed by atoms with Gasteiger partial charge in [0.1, 0.15) is 5.75 Å². The first-order valence-corrected chi connectivity index (χ1v) is 12.0. The summed E-state index contributed by atoms with van der Waals surface area (Å²) in [5.41, 5.74) is 0.394. The number of fused-ring (bicyclic) bond motifs is 1. The number of furan rings is 1. The number of para-hydroxylation sites is 1. The molecule has 0 bridgehead atoms. The molecular weight excluding hydrogens is 490 g/mol. The molecule has 0 radical (unpaired) electrons. The Morgan fingerprint density at radius 2 is 1.71 bits per heavy atom. The standard InChI is InChI=1S/C29H23NO8/c1-17-6-4-8-21-25(17)27(33)30(26(21)32)22-9-3-2-7-20(22)28(34)37-16-23(31)18-11-13-19(14-12-18)38-29(35)24-10-5-15-36-24/h2-7,9-15,17,21,25H,8,16H2,1H3. The molecule has 0 saturated carbocycles. The lowest BCUT2D eigenvalue weighted by Gasteiger charge is -2.22. The maximum Gasteiger partial charge on any atom is 0.379 e. The maximum atomic E-state index is 13.2. The van der Waals surface area contributed by atoms with Crippen LogP contribution >= 0.6 is 0 Å². The fourth-order valence-corrected chi connectivity index (χ4v) is 4.78. The third kappa shape index (κ3) is 4.66. The second-order valence-electron chi connectivity index (χ2n) is 9.07. The number of allylic oxidation sites excluding steroid dienone is 2. The Labute approximate surface area is 217 Å². The van der Waals surface area contributed by atoms with Crippen LogP contribution in [0.15, 0.2) is 83.5 Å². The number of amides is 2. The first-order chi connectivity index (χ1) is 18.3. The third-order valence-corrected chi connectivity index (χ3v) is 6.68. The van der Waals surface area contributed by atoms with E-state index in [2.05, 4.69) is 0 Å². The Morgan fingerprint density at radius 1 is 0.947 bits per heavy atom. The molecule has 3 unspecified atom stereocenters. The molecule has 9 heteroatoms. The lowest BCUT2D eigenvalue weighted by Crippen LogP contribution is -2.33. The quantitative estimate of drug-likeness (QED) is 0.151. The molecule has 0 N–H and O–H groups in total. The summed E-state index contributed by atoms with van der Waals surface area (Å²) in [5, 5.41) is 0. The third-order valence-electron chi connectivity index (χ3n) is 6.68. The van der Waals surface area contributed by atoms with Crippen molar-refractivity contribution in [1.29, 1.82) is 0 Å². The number of ketones is 1. The predicted molar refractivity (Wildman–Crippen MR) is 134 cm³/mol. The fraction of sp³-hybridized carbons (Fsp3) is 0.207. The monoisotopic (exact) mass is 513 g/mol. The van der Waals surface area contributed by atoms with E-state index in [4.69, 9.17) is 13.9 Å². The minimum Gasteiger partial charge on any atom is -0.457 e. The van der Waals surface area contributed by atoms with Crippen molar-refractivity contribution >= 4 is 35.2 Å². The van der Waals surface area contributed by atoms with Crippen LogP contribution in [0.1, 0.15) is 44.6 Å². The number of hydrogen-bond acceptors (Lipinski definition) is 8. The molecule has 3 aromatic rings. The highest BCUT2D eigenvalue weighted by Crippen LogP contribution is 2.41. The van der Waals surface area contributed by atoms with Crippen LogP contribution in [0.25, 0.3) is 0 Å². The van der Waals surface area contributed by atoms with E-state index >= 15 is 0 Å². The molecular formula is C29H23NO8. The molecule has 1 aliphatic heterocycles. The second kappa shape index (κ2) is 10.3. The van der Waals surface area contributed by atoms with Crippen LogP contribution in [-0.4, -0.2) is 36.1 Å². The molecule has 1 fully saturated rings. The highest BCUT2D eigenvalue weighted by atomic mass is 16.5. The lowest BCUT2D eigenvalue weighted by atomic mass is 9.78. The SMILES string of the molecule is CC1C=CCC2C(=O)N(c3ccccc3C(=O)OCC(=O)c3ccc(OC(=O)c4ccco4)cc3)C(=O)C12.